The average Bonchev–Trinajstić information content (AvgIpc) is 1.80. The van der Waals surface area contributed by atoms with E-state index in [4.69, 9.17) is 0 Å². The highest BCUT2D eigenvalue weighted by atomic mass is 31.3. The van der Waals surface area contributed by atoms with E-state index in [0.29, 0.717) is 0 Å². The smallest absolute Gasteiger partial charge is 0.382 e. The Balaban J connectivity index is 3.25. The molecule has 0 saturated heterocycles. The van der Waals surface area contributed by atoms with Gasteiger partial charge in [0.1, 0.15) is 0 Å². The van der Waals surface area contributed by atoms with E-state index >= 15 is 0 Å². The van der Waals surface area contributed by atoms with Crippen LogP contribution in [-0.2, 0) is 4.21 Å². The minimum atomic E-state index is -5.13. The van der Waals surface area contributed by atoms with Crippen LogP contribution in [0.4, 0.5) is 16.8 Å². The van der Waals surface area contributed by atoms with Crippen LogP contribution in [0.2, 0.25) is 0 Å². The SMILES string of the molecule is FP1(F)=N[PH](O[SiH3])=NP(F)(F)=N1. The van der Waals surface area contributed by atoms with Gasteiger partial charge in [-0.05, 0) is 0 Å². The van der Waals surface area contributed by atoms with Gasteiger partial charge in [0, 0.05) is 0 Å². The summed E-state index contributed by atoms with van der Waals surface area (Å²) in [4.78, 5) is 0. The zero-order valence-corrected chi connectivity index (χ0v) is 10.4. The normalized spacial score (nSPS) is 31.5. The van der Waals surface area contributed by atoms with Crippen LogP contribution in [0.25, 0.3) is 0 Å². The molecule has 0 fully saturated rings. The first kappa shape index (κ1) is 10.7. The van der Waals surface area contributed by atoms with Gasteiger partial charge in [-0.25, -0.2) is 0 Å². The highest BCUT2D eigenvalue weighted by molar-refractivity contribution is 7.74. The second-order valence-corrected chi connectivity index (χ2v) is 8.02. The zero-order valence-electron chi connectivity index (χ0n) is 5.66. The van der Waals surface area contributed by atoms with Crippen molar-refractivity contribution in [2.75, 3.05) is 0 Å². The maximum Gasteiger partial charge on any atom is 0.422 e. The number of hydrogen-bond acceptors (Lipinski definition) is 4. The van der Waals surface area contributed by atoms with Gasteiger partial charge in [0.2, 0.25) is 0 Å². The summed E-state index contributed by atoms with van der Waals surface area (Å²) in [6.45, 7) is 0. The molecule has 1 aliphatic heterocycles. The lowest BCUT2D eigenvalue weighted by Gasteiger charge is -2.10. The standard InChI is InChI=1S/F4H4N3OP3Si/c1-10(2)5-9(8-12)6-11(3,4)7-10/h9H,12H3. The molecule has 1 rings (SSSR count). The fraction of sp³-hybridized carbons (Fsp3) is 0. The molecule has 0 spiro atoms. The lowest BCUT2D eigenvalue weighted by molar-refractivity contribution is 0.675. The molecule has 0 aromatic carbocycles. The molecule has 0 radical (unpaired) electrons. The summed E-state index contributed by atoms with van der Waals surface area (Å²) in [5, 5.41) is 0. The van der Waals surface area contributed by atoms with E-state index in [1.807, 2.05) is 4.52 Å². The maximum atomic E-state index is 12.4. The van der Waals surface area contributed by atoms with Crippen LogP contribution < -0.4 is 0 Å². The van der Waals surface area contributed by atoms with Gasteiger partial charge in [-0.1, -0.05) is 0 Å². The lowest BCUT2D eigenvalue weighted by atomic mass is 13.8. The first-order valence-electron chi connectivity index (χ1n) is 2.54. The Kier molecular flexibility index (Phi) is 3.01. The van der Waals surface area contributed by atoms with Crippen molar-refractivity contribution in [3.63, 3.8) is 0 Å². The summed E-state index contributed by atoms with van der Waals surface area (Å²) < 4.78 is 61.4. The van der Waals surface area contributed by atoms with Crippen molar-refractivity contribution in [3.8, 4) is 0 Å². The predicted molar refractivity (Wildman–Crippen MR) is 44.9 cm³/mol. The Morgan fingerprint density at radius 3 is 2.17 bits per heavy atom. The van der Waals surface area contributed by atoms with Gasteiger partial charge in [-0.3, -0.25) is 0 Å². The van der Waals surface area contributed by atoms with Crippen LogP contribution in [0.15, 0.2) is 13.5 Å². The summed E-state index contributed by atoms with van der Waals surface area (Å²) in [5.41, 5.74) is 0. The molecule has 0 saturated carbocycles. The number of rotatable bonds is 1. The van der Waals surface area contributed by atoms with Crippen LogP contribution >= 0.6 is 23.7 Å². The predicted octanol–water partition coefficient (Wildman–Crippen LogP) is 3.30. The van der Waals surface area contributed by atoms with Gasteiger partial charge < -0.3 is 4.21 Å². The van der Waals surface area contributed by atoms with E-state index in [9.17, 15) is 16.8 Å². The van der Waals surface area contributed by atoms with Gasteiger partial charge in [0.05, 0.1) is 0 Å². The van der Waals surface area contributed by atoms with E-state index in [1.54, 1.807) is 0 Å². The molecule has 0 aliphatic carbocycles. The quantitative estimate of drug-likeness (QED) is 0.405. The summed E-state index contributed by atoms with van der Waals surface area (Å²) in [5.74, 6) is 0. The van der Waals surface area contributed by atoms with E-state index in [2.05, 4.69) is 13.2 Å². The molecule has 12 heavy (non-hydrogen) atoms. The van der Waals surface area contributed by atoms with Crippen LogP contribution in [0.1, 0.15) is 0 Å². The van der Waals surface area contributed by atoms with Crippen molar-refractivity contribution in [1.82, 2.24) is 0 Å². The third-order valence-electron chi connectivity index (χ3n) is 0.810. The number of hydrogen-bond donors (Lipinski definition) is 0. The van der Waals surface area contributed by atoms with Crippen molar-refractivity contribution in [3.05, 3.63) is 0 Å². The zero-order chi connectivity index (χ0) is 9.41. The Morgan fingerprint density at radius 2 is 1.75 bits per heavy atom. The van der Waals surface area contributed by atoms with Gasteiger partial charge in [-0.2, -0.15) is 9.03 Å². The molecule has 1 unspecified atom stereocenters. The number of nitrogens with zero attached hydrogens (tertiary/aromatic N) is 3. The lowest BCUT2D eigenvalue weighted by Crippen LogP contribution is -1.70. The van der Waals surface area contributed by atoms with Gasteiger partial charge in [0.15, 0.2) is 18.6 Å². The van der Waals surface area contributed by atoms with Crippen molar-refractivity contribution in [2.45, 2.75) is 0 Å². The van der Waals surface area contributed by atoms with Crippen LogP contribution in [0.5, 0.6) is 0 Å². The number of halogens is 4. The maximum absolute atomic E-state index is 12.4. The second kappa shape index (κ2) is 3.39. The minimum absolute atomic E-state index is 0.0732. The molecule has 0 aromatic rings. The molecule has 12 heteroatoms. The van der Waals surface area contributed by atoms with Crippen LogP contribution in [-0.4, -0.2) is 10.5 Å². The first-order valence-corrected chi connectivity index (χ1v) is 7.61. The van der Waals surface area contributed by atoms with Gasteiger partial charge >= 0.3 is 15.7 Å². The van der Waals surface area contributed by atoms with E-state index in [0.717, 1.165) is 0 Å². The van der Waals surface area contributed by atoms with Crippen molar-refractivity contribution in [1.29, 1.82) is 0 Å². The van der Waals surface area contributed by atoms with E-state index < -0.39 is 23.7 Å². The fourth-order valence-electron chi connectivity index (χ4n) is 0.477. The van der Waals surface area contributed by atoms with Crippen molar-refractivity contribution in [2.24, 2.45) is 13.5 Å². The second-order valence-electron chi connectivity index (χ2n) is 1.69. The Bertz CT molecular complexity index is 317. The molecule has 0 amide bonds. The first-order chi connectivity index (χ1) is 5.35. The molecular weight excluding hydrogens is 255 g/mol. The molecule has 0 aromatic heterocycles. The molecule has 72 valence electrons. The van der Waals surface area contributed by atoms with Crippen molar-refractivity contribution < 1.29 is 21.0 Å². The highest BCUT2D eigenvalue weighted by Crippen LogP contribution is 2.76. The summed E-state index contributed by atoms with van der Waals surface area (Å²) >= 11 is 0. The monoisotopic (exact) mass is 259 g/mol. The molecule has 1 aliphatic rings. The molecule has 1 heterocycles. The third-order valence-corrected chi connectivity index (χ3v) is 7.29. The van der Waals surface area contributed by atoms with E-state index in [-0.39, 0.29) is 10.5 Å². The average molecular weight is 259 g/mol. The largest absolute Gasteiger partial charge is 0.422 e. The Hall–Kier alpha value is 0.587. The summed E-state index contributed by atoms with van der Waals surface area (Å²) in [7, 11) is -12.9. The molecule has 1 atom stereocenters. The summed E-state index contributed by atoms with van der Waals surface area (Å²) in [6.07, 6.45) is 0. The van der Waals surface area contributed by atoms with Crippen LogP contribution in [0, 0.1) is 0 Å². The van der Waals surface area contributed by atoms with Crippen molar-refractivity contribution >= 4 is 34.2 Å². The van der Waals surface area contributed by atoms with Crippen LogP contribution in [0.3, 0.4) is 0 Å². The van der Waals surface area contributed by atoms with Gasteiger partial charge in [0.25, 0.3) is 0 Å². The Labute approximate surface area is 69.6 Å². The molecular formula is H4F4N3OP3Si. The molecule has 0 N–H and O–H groups in total. The Morgan fingerprint density at radius 1 is 1.17 bits per heavy atom. The fourth-order valence-corrected chi connectivity index (χ4v) is 6.84. The highest BCUT2D eigenvalue weighted by Gasteiger charge is 2.31. The topological polar surface area (TPSA) is 46.3 Å². The summed E-state index contributed by atoms with van der Waals surface area (Å²) in [6, 6.07) is 0. The molecule has 0 bridgehead atoms. The third kappa shape index (κ3) is 2.82. The minimum Gasteiger partial charge on any atom is -0.382 e. The van der Waals surface area contributed by atoms with E-state index in [1.165, 1.54) is 0 Å². The van der Waals surface area contributed by atoms with Gasteiger partial charge in [-0.15, -0.1) is 21.3 Å². The molecule has 4 nitrogen and oxygen atoms in total.